The van der Waals surface area contributed by atoms with Gasteiger partial charge in [0, 0.05) is 12.1 Å². The van der Waals surface area contributed by atoms with E-state index in [2.05, 4.69) is 15.5 Å². The first-order valence-electron chi connectivity index (χ1n) is 10.1. The molecule has 0 unspecified atom stereocenters. The van der Waals surface area contributed by atoms with E-state index in [1.807, 2.05) is 61.5 Å². The highest BCUT2D eigenvalue weighted by molar-refractivity contribution is 5.96. The first kappa shape index (κ1) is 21.1. The van der Waals surface area contributed by atoms with Crippen LogP contribution in [0.3, 0.4) is 0 Å². The van der Waals surface area contributed by atoms with Crippen molar-refractivity contribution in [2.75, 3.05) is 7.11 Å². The van der Waals surface area contributed by atoms with E-state index in [0.29, 0.717) is 29.6 Å². The number of benzene rings is 3. The largest absolute Gasteiger partial charge is 0.497 e. The summed E-state index contributed by atoms with van der Waals surface area (Å²) in [5.41, 5.74) is 3.44. The van der Waals surface area contributed by atoms with Crippen molar-refractivity contribution in [2.24, 2.45) is 0 Å². The molecule has 0 fully saturated rings. The minimum atomic E-state index is -0.217. The number of para-hydroxylation sites is 1. The van der Waals surface area contributed by atoms with E-state index in [1.54, 1.807) is 25.3 Å². The highest BCUT2D eigenvalue weighted by Crippen LogP contribution is 2.22. The number of carbonyl (C=O) groups is 1. The summed E-state index contributed by atoms with van der Waals surface area (Å²) in [5.74, 6) is 1.74. The van der Waals surface area contributed by atoms with Crippen LogP contribution >= 0.6 is 0 Å². The van der Waals surface area contributed by atoms with Gasteiger partial charge in [0.2, 0.25) is 5.82 Å². The molecule has 0 spiro atoms. The third kappa shape index (κ3) is 5.13. The van der Waals surface area contributed by atoms with Gasteiger partial charge in [0.25, 0.3) is 11.8 Å². The molecule has 1 N–H and O–H groups in total. The van der Waals surface area contributed by atoms with E-state index in [-0.39, 0.29) is 12.5 Å². The van der Waals surface area contributed by atoms with Crippen molar-refractivity contribution in [3.63, 3.8) is 0 Å². The van der Waals surface area contributed by atoms with Crippen LogP contribution in [0.25, 0.3) is 11.4 Å². The molecule has 3 aromatic carbocycles. The smallest absolute Gasteiger partial charge is 0.264 e. The zero-order valence-electron chi connectivity index (χ0n) is 17.9. The lowest BCUT2D eigenvalue weighted by atomic mass is 10.1. The van der Waals surface area contributed by atoms with Crippen LogP contribution in [0, 0.1) is 6.92 Å². The topological polar surface area (TPSA) is 86.5 Å². The molecular formula is C25H23N3O4. The summed E-state index contributed by atoms with van der Waals surface area (Å²) < 4.78 is 16.3. The van der Waals surface area contributed by atoms with Crippen LogP contribution in [0.15, 0.2) is 77.3 Å². The number of aryl methyl sites for hydroxylation is 1. The summed E-state index contributed by atoms with van der Waals surface area (Å²) >= 11 is 0. The second-order valence-corrected chi connectivity index (χ2v) is 7.19. The van der Waals surface area contributed by atoms with Crippen LogP contribution < -0.4 is 14.8 Å². The summed E-state index contributed by atoms with van der Waals surface area (Å²) in [6, 6.07) is 22.4. The number of hydrogen-bond donors (Lipinski definition) is 1. The number of nitrogens with one attached hydrogen (secondary N) is 1. The lowest BCUT2D eigenvalue weighted by Gasteiger charge is -2.10. The van der Waals surface area contributed by atoms with Gasteiger partial charge in [-0.2, -0.15) is 4.98 Å². The number of nitrogens with zero attached hydrogens (tertiary/aromatic N) is 2. The molecule has 7 heteroatoms. The molecule has 1 aromatic heterocycles. The number of aromatic nitrogens is 2. The average molecular weight is 429 g/mol. The molecule has 0 saturated carbocycles. The van der Waals surface area contributed by atoms with Crippen molar-refractivity contribution in [3.05, 3.63) is 95.4 Å². The SMILES string of the molecule is COc1ccc(-c2noc(COc3ccccc3C(=O)NCc3ccc(C)cc3)n2)cc1. The maximum atomic E-state index is 12.7. The normalized spacial score (nSPS) is 10.6. The summed E-state index contributed by atoms with van der Waals surface area (Å²) in [6.07, 6.45) is 0. The van der Waals surface area contributed by atoms with E-state index in [9.17, 15) is 4.79 Å². The molecule has 0 aliphatic rings. The minimum Gasteiger partial charge on any atom is -0.497 e. The van der Waals surface area contributed by atoms with Gasteiger partial charge in [-0.25, -0.2) is 0 Å². The van der Waals surface area contributed by atoms with E-state index in [0.717, 1.165) is 16.9 Å². The Morgan fingerprint density at radius 2 is 1.75 bits per heavy atom. The molecule has 4 rings (SSSR count). The number of ether oxygens (including phenoxy) is 2. The first-order valence-corrected chi connectivity index (χ1v) is 10.1. The Morgan fingerprint density at radius 3 is 2.50 bits per heavy atom. The van der Waals surface area contributed by atoms with Crippen LogP contribution in [0.4, 0.5) is 0 Å². The second-order valence-electron chi connectivity index (χ2n) is 7.19. The number of rotatable bonds is 8. The molecule has 4 aromatic rings. The van der Waals surface area contributed by atoms with E-state index in [4.69, 9.17) is 14.0 Å². The van der Waals surface area contributed by atoms with Gasteiger partial charge in [-0.05, 0) is 48.9 Å². The van der Waals surface area contributed by atoms with Crippen molar-refractivity contribution in [3.8, 4) is 22.9 Å². The summed E-state index contributed by atoms with van der Waals surface area (Å²) in [4.78, 5) is 17.1. The van der Waals surface area contributed by atoms with Gasteiger partial charge in [-0.15, -0.1) is 0 Å². The van der Waals surface area contributed by atoms with Crippen LogP contribution in [-0.4, -0.2) is 23.2 Å². The molecule has 162 valence electrons. The van der Waals surface area contributed by atoms with Crippen molar-refractivity contribution >= 4 is 5.91 Å². The Hall–Kier alpha value is -4.13. The zero-order chi connectivity index (χ0) is 22.3. The molecular weight excluding hydrogens is 406 g/mol. The molecule has 0 aliphatic heterocycles. The predicted molar refractivity (Wildman–Crippen MR) is 119 cm³/mol. The second kappa shape index (κ2) is 9.78. The molecule has 0 saturated heterocycles. The van der Waals surface area contributed by atoms with E-state index >= 15 is 0 Å². The fourth-order valence-corrected chi connectivity index (χ4v) is 3.07. The Balaban J connectivity index is 1.39. The van der Waals surface area contributed by atoms with Crippen molar-refractivity contribution in [2.45, 2.75) is 20.1 Å². The number of hydrogen-bond acceptors (Lipinski definition) is 6. The standard InChI is InChI=1S/C25H23N3O4/c1-17-7-9-18(10-8-17)15-26-25(29)21-5-3-4-6-22(21)31-16-23-27-24(28-32-23)19-11-13-20(30-2)14-12-19/h3-14H,15-16H2,1-2H3,(H,26,29). The average Bonchev–Trinajstić information content (AvgIpc) is 3.31. The zero-order valence-corrected chi connectivity index (χ0v) is 17.9. The Kier molecular flexibility index (Phi) is 6.46. The molecule has 0 radical (unpaired) electrons. The van der Waals surface area contributed by atoms with Crippen molar-refractivity contribution < 1.29 is 18.8 Å². The third-order valence-corrected chi connectivity index (χ3v) is 4.87. The third-order valence-electron chi connectivity index (χ3n) is 4.87. The highest BCUT2D eigenvalue weighted by atomic mass is 16.5. The number of amides is 1. The number of carbonyl (C=O) groups excluding carboxylic acids is 1. The summed E-state index contributed by atoms with van der Waals surface area (Å²) in [7, 11) is 1.61. The van der Waals surface area contributed by atoms with Gasteiger partial charge in [0.1, 0.15) is 11.5 Å². The summed E-state index contributed by atoms with van der Waals surface area (Å²) in [6.45, 7) is 2.51. The van der Waals surface area contributed by atoms with Crippen molar-refractivity contribution in [1.82, 2.24) is 15.5 Å². The number of methoxy groups -OCH3 is 1. The van der Waals surface area contributed by atoms with Crippen LogP contribution in [0.2, 0.25) is 0 Å². The summed E-state index contributed by atoms with van der Waals surface area (Å²) in [5, 5.41) is 6.92. The van der Waals surface area contributed by atoms with E-state index < -0.39 is 0 Å². The van der Waals surface area contributed by atoms with Gasteiger partial charge in [-0.1, -0.05) is 47.1 Å². The quantitative estimate of drug-likeness (QED) is 0.442. The maximum Gasteiger partial charge on any atom is 0.264 e. The van der Waals surface area contributed by atoms with Gasteiger partial charge in [0.05, 0.1) is 12.7 Å². The molecule has 0 bridgehead atoms. The lowest BCUT2D eigenvalue weighted by Crippen LogP contribution is -2.23. The fourth-order valence-electron chi connectivity index (χ4n) is 3.07. The lowest BCUT2D eigenvalue weighted by molar-refractivity contribution is 0.0945. The highest BCUT2D eigenvalue weighted by Gasteiger charge is 2.14. The van der Waals surface area contributed by atoms with Gasteiger partial charge < -0.3 is 19.3 Å². The van der Waals surface area contributed by atoms with Crippen LogP contribution in [-0.2, 0) is 13.2 Å². The molecule has 1 heterocycles. The Morgan fingerprint density at radius 1 is 1.00 bits per heavy atom. The first-order chi connectivity index (χ1) is 15.6. The van der Waals surface area contributed by atoms with E-state index in [1.165, 1.54) is 5.56 Å². The molecule has 7 nitrogen and oxygen atoms in total. The monoisotopic (exact) mass is 429 g/mol. The molecule has 0 atom stereocenters. The van der Waals surface area contributed by atoms with Gasteiger partial charge >= 0.3 is 0 Å². The maximum absolute atomic E-state index is 12.7. The molecule has 1 amide bonds. The molecule has 32 heavy (non-hydrogen) atoms. The predicted octanol–water partition coefficient (Wildman–Crippen LogP) is 4.56. The van der Waals surface area contributed by atoms with Crippen LogP contribution in [0.5, 0.6) is 11.5 Å². The van der Waals surface area contributed by atoms with Crippen LogP contribution in [0.1, 0.15) is 27.4 Å². The minimum absolute atomic E-state index is 0.0470. The Bertz CT molecular complexity index is 1180. The fraction of sp³-hybridized carbons (Fsp3) is 0.160. The Labute approximate surface area is 186 Å². The molecule has 0 aliphatic carbocycles. The van der Waals surface area contributed by atoms with Crippen molar-refractivity contribution in [1.29, 1.82) is 0 Å². The van der Waals surface area contributed by atoms with Gasteiger partial charge in [-0.3, -0.25) is 4.79 Å². The van der Waals surface area contributed by atoms with Gasteiger partial charge in [0.15, 0.2) is 6.61 Å².